The molecular weight excluding hydrogens is 353 g/mol. The first-order valence-corrected chi connectivity index (χ1v) is 7.92. The fourth-order valence-electron chi connectivity index (χ4n) is 1.78. The summed E-state index contributed by atoms with van der Waals surface area (Å²) in [4.78, 5) is 11.7. The van der Waals surface area contributed by atoms with Crippen molar-refractivity contribution in [3.05, 3.63) is 27.8 Å². The first-order valence-electron chi connectivity index (χ1n) is 6.85. The number of unbranched alkanes of at least 4 members (excludes halogenated alkanes) is 1. The van der Waals surface area contributed by atoms with Crippen molar-refractivity contribution in [1.29, 1.82) is 0 Å². The molecule has 0 radical (unpaired) electrons. The highest BCUT2D eigenvalue weighted by Gasteiger charge is 2.09. The number of halogens is 1. The van der Waals surface area contributed by atoms with Gasteiger partial charge in [-0.3, -0.25) is 5.32 Å². The van der Waals surface area contributed by atoms with Crippen LogP contribution in [0.15, 0.2) is 24.3 Å². The molecule has 1 aromatic carbocycles. The molecule has 0 aromatic heterocycles. The zero-order valence-corrected chi connectivity index (χ0v) is 13.8. The predicted molar refractivity (Wildman–Crippen MR) is 87.4 cm³/mol. The Hall–Kier alpha value is -0.780. The van der Waals surface area contributed by atoms with E-state index < -0.39 is 0 Å². The molecule has 4 heteroatoms. The summed E-state index contributed by atoms with van der Waals surface area (Å²) in [5.74, 6) is 0.474. The lowest BCUT2D eigenvalue weighted by Gasteiger charge is -2.15. The Morgan fingerprint density at radius 3 is 2.58 bits per heavy atom. The largest absolute Gasteiger partial charge is 0.449 e. The van der Waals surface area contributed by atoms with Crippen LogP contribution in [0.1, 0.15) is 39.5 Å². The summed E-state index contributed by atoms with van der Waals surface area (Å²) in [6.07, 6.45) is 4.20. The summed E-state index contributed by atoms with van der Waals surface area (Å²) in [5.41, 5.74) is 0.770. The van der Waals surface area contributed by atoms with E-state index in [4.69, 9.17) is 4.74 Å². The van der Waals surface area contributed by atoms with Gasteiger partial charge in [0.1, 0.15) is 0 Å². The molecule has 0 spiro atoms. The van der Waals surface area contributed by atoms with Crippen LogP contribution in [0.3, 0.4) is 0 Å². The Bertz CT molecular complexity index is 378. The highest BCUT2D eigenvalue weighted by molar-refractivity contribution is 14.1. The maximum atomic E-state index is 11.7. The van der Waals surface area contributed by atoms with Gasteiger partial charge in [0.15, 0.2) is 0 Å². The van der Waals surface area contributed by atoms with Gasteiger partial charge in [-0.1, -0.05) is 33.1 Å². The molecular formula is C15H22INO2. The van der Waals surface area contributed by atoms with E-state index in [1.165, 1.54) is 12.8 Å². The van der Waals surface area contributed by atoms with Crippen LogP contribution >= 0.6 is 22.6 Å². The molecule has 1 N–H and O–H groups in total. The lowest BCUT2D eigenvalue weighted by atomic mass is 10.0. The van der Waals surface area contributed by atoms with Crippen LogP contribution in [-0.4, -0.2) is 12.7 Å². The molecule has 1 unspecified atom stereocenters. The molecule has 0 aliphatic rings. The van der Waals surface area contributed by atoms with E-state index in [1.807, 2.05) is 24.3 Å². The van der Waals surface area contributed by atoms with Crippen molar-refractivity contribution in [2.24, 2.45) is 5.92 Å². The average Bonchev–Trinajstić information content (AvgIpc) is 2.42. The van der Waals surface area contributed by atoms with Crippen molar-refractivity contribution in [1.82, 2.24) is 0 Å². The number of ether oxygens (including phenoxy) is 1. The quantitative estimate of drug-likeness (QED) is 0.677. The number of hydrogen-bond acceptors (Lipinski definition) is 2. The van der Waals surface area contributed by atoms with Gasteiger partial charge < -0.3 is 4.74 Å². The fourth-order valence-corrected chi connectivity index (χ4v) is 2.14. The maximum Gasteiger partial charge on any atom is 0.411 e. The molecule has 0 saturated heterocycles. The monoisotopic (exact) mass is 375 g/mol. The molecule has 0 heterocycles. The van der Waals surface area contributed by atoms with E-state index in [1.54, 1.807) is 0 Å². The normalized spacial score (nSPS) is 11.9. The van der Waals surface area contributed by atoms with Crippen molar-refractivity contribution in [3.8, 4) is 0 Å². The Morgan fingerprint density at radius 2 is 2.00 bits per heavy atom. The number of benzene rings is 1. The predicted octanol–water partition coefficient (Wildman–Crippen LogP) is 5.06. The van der Waals surface area contributed by atoms with Gasteiger partial charge in [-0.15, -0.1) is 0 Å². The van der Waals surface area contributed by atoms with Crippen molar-refractivity contribution < 1.29 is 9.53 Å². The van der Waals surface area contributed by atoms with Gasteiger partial charge in [0.25, 0.3) is 0 Å². The first-order chi connectivity index (χ1) is 9.15. The van der Waals surface area contributed by atoms with E-state index >= 15 is 0 Å². The lowest BCUT2D eigenvalue weighted by molar-refractivity contribution is 0.136. The van der Waals surface area contributed by atoms with E-state index in [-0.39, 0.29) is 6.09 Å². The van der Waals surface area contributed by atoms with Crippen LogP contribution in [0.2, 0.25) is 0 Å². The van der Waals surface area contributed by atoms with Crippen LogP contribution in [0.5, 0.6) is 0 Å². The average molecular weight is 375 g/mol. The molecule has 0 bridgehead atoms. The van der Waals surface area contributed by atoms with Gasteiger partial charge in [0, 0.05) is 9.26 Å². The second kappa shape index (κ2) is 9.18. The van der Waals surface area contributed by atoms with E-state index in [0.717, 1.165) is 22.1 Å². The minimum atomic E-state index is -0.365. The van der Waals surface area contributed by atoms with Gasteiger partial charge in [-0.2, -0.15) is 0 Å². The van der Waals surface area contributed by atoms with E-state index in [2.05, 4.69) is 41.8 Å². The van der Waals surface area contributed by atoms with E-state index in [0.29, 0.717) is 12.5 Å². The zero-order chi connectivity index (χ0) is 14.1. The summed E-state index contributed by atoms with van der Waals surface area (Å²) in [6, 6.07) is 7.65. The smallest absolute Gasteiger partial charge is 0.411 e. The Morgan fingerprint density at radius 1 is 1.32 bits per heavy atom. The molecule has 0 aliphatic carbocycles. The van der Waals surface area contributed by atoms with Gasteiger partial charge in [0.05, 0.1) is 6.61 Å². The third-order valence-electron chi connectivity index (χ3n) is 3.08. The topological polar surface area (TPSA) is 38.3 Å². The molecule has 0 fully saturated rings. The number of rotatable bonds is 7. The van der Waals surface area contributed by atoms with E-state index in [9.17, 15) is 4.79 Å². The summed E-state index contributed by atoms with van der Waals surface area (Å²) in [6.45, 7) is 4.82. The first kappa shape index (κ1) is 16.3. The maximum absolute atomic E-state index is 11.7. The van der Waals surface area contributed by atoms with Gasteiger partial charge in [-0.25, -0.2) is 4.79 Å². The van der Waals surface area contributed by atoms with Crippen LogP contribution in [0.4, 0.5) is 10.5 Å². The molecule has 0 aliphatic heterocycles. The Balaban J connectivity index is 2.32. The summed E-state index contributed by atoms with van der Waals surface area (Å²) >= 11 is 2.23. The third kappa shape index (κ3) is 6.80. The number of hydrogen-bond donors (Lipinski definition) is 1. The van der Waals surface area contributed by atoms with Gasteiger partial charge in [0.2, 0.25) is 0 Å². The van der Waals surface area contributed by atoms with Crippen LogP contribution in [0.25, 0.3) is 0 Å². The molecule has 19 heavy (non-hydrogen) atoms. The molecule has 0 saturated carbocycles. The van der Waals surface area contributed by atoms with Gasteiger partial charge in [-0.05, 0) is 59.2 Å². The van der Waals surface area contributed by atoms with Crippen LogP contribution in [-0.2, 0) is 4.74 Å². The standard InChI is InChI=1S/C15H22INO2/c1-3-5-6-12(4-2)11-19-15(18)17-14-9-7-13(16)8-10-14/h7-10,12H,3-6,11H2,1-2H3,(H,17,18). The zero-order valence-electron chi connectivity index (χ0n) is 11.6. The molecule has 1 aromatic rings. The molecule has 1 amide bonds. The molecule has 1 rings (SSSR count). The Labute approximate surface area is 129 Å². The number of anilines is 1. The van der Waals surface area contributed by atoms with Crippen molar-refractivity contribution in [2.75, 3.05) is 11.9 Å². The van der Waals surface area contributed by atoms with Crippen molar-refractivity contribution in [3.63, 3.8) is 0 Å². The number of carbonyl (C=O) groups is 1. The second-order valence-electron chi connectivity index (χ2n) is 4.65. The molecule has 1 atom stereocenters. The summed E-state index contributed by atoms with van der Waals surface area (Å²) in [5, 5.41) is 2.74. The molecule has 3 nitrogen and oxygen atoms in total. The highest BCUT2D eigenvalue weighted by atomic mass is 127. The number of carbonyl (C=O) groups excluding carboxylic acids is 1. The minimum Gasteiger partial charge on any atom is -0.449 e. The third-order valence-corrected chi connectivity index (χ3v) is 3.80. The fraction of sp³-hybridized carbons (Fsp3) is 0.533. The van der Waals surface area contributed by atoms with Gasteiger partial charge >= 0.3 is 6.09 Å². The van der Waals surface area contributed by atoms with Crippen molar-refractivity contribution in [2.45, 2.75) is 39.5 Å². The Kier molecular flexibility index (Phi) is 7.86. The second-order valence-corrected chi connectivity index (χ2v) is 5.89. The SMILES string of the molecule is CCCCC(CC)COC(=O)Nc1ccc(I)cc1. The summed E-state index contributed by atoms with van der Waals surface area (Å²) in [7, 11) is 0. The van der Waals surface area contributed by atoms with Crippen LogP contribution in [0, 0.1) is 9.49 Å². The number of amides is 1. The highest BCUT2D eigenvalue weighted by Crippen LogP contribution is 2.14. The minimum absolute atomic E-state index is 0.365. The number of nitrogens with one attached hydrogen (secondary N) is 1. The van der Waals surface area contributed by atoms with Crippen molar-refractivity contribution >= 4 is 34.4 Å². The molecule has 106 valence electrons. The summed E-state index contributed by atoms with van der Waals surface area (Å²) < 4.78 is 6.42. The lowest BCUT2D eigenvalue weighted by Crippen LogP contribution is -2.18. The van der Waals surface area contributed by atoms with Crippen LogP contribution < -0.4 is 5.32 Å².